The van der Waals surface area contributed by atoms with Gasteiger partial charge in [0.15, 0.2) is 0 Å². The van der Waals surface area contributed by atoms with Crippen LogP contribution in [0.5, 0.6) is 0 Å². The second-order valence-electron chi connectivity index (χ2n) is 4.88. The van der Waals surface area contributed by atoms with Gasteiger partial charge < -0.3 is 5.32 Å². The first-order valence-corrected chi connectivity index (χ1v) is 6.74. The molecule has 0 bridgehead atoms. The lowest BCUT2D eigenvalue weighted by Crippen LogP contribution is -2.15. The highest BCUT2D eigenvalue weighted by atomic mass is 19.4. The molecule has 0 spiro atoms. The van der Waals surface area contributed by atoms with Crippen LogP contribution in [0.3, 0.4) is 0 Å². The third-order valence-corrected chi connectivity index (χ3v) is 3.29. The van der Waals surface area contributed by atoms with Gasteiger partial charge in [-0.25, -0.2) is 4.39 Å². The number of nitrogens with one attached hydrogen (secondary N) is 1. The fourth-order valence-electron chi connectivity index (χ4n) is 2.16. The number of rotatable bonds is 2. The molecular formula is C16H9F4N3O. The van der Waals surface area contributed by atoms with Crippen LogP contribution in [0, 0.1) is 5.82 Å². The van der Waals surface area contributed by atoms with Crippen molar-refractivity contribution < 1.29 is 22.4 Å². The highest BCUT2D eigenvalue weighted by Crippen LogP contribution is 2.32. The number of para-hydroxylation sites is 1. The lowest BCUT2D eigenvalue weighted by atomic mass is 10.1. The van der Waals surface area contributed by atoms with E-state index in [0.717, 1.165) is 0 Å². The number of anilines is 1. The molecule has 0 saturated heterocycles. The molecule has 0 aliphatic heterocycles. The molecule has 3 aromatic rings. The summed E-state index contributed by atoms with van der Waals surface area (Å²) in [6.45, 7) is 0. The van der Waals surface area contributed by atoms with Crippen molar-refractivity contribution in [3.05, 3.63) is 65.7 Å². The van der Waals surface area contributed by atoms with E-state index in [4.69, 9.17) is 0 Å². The summed E-state index contributed by atoms with van der Waals surface area (Å²) in [7, 11) is 0. The number of benzene rings is 2. The van der Waals surface area contributed by atoms with E-state index in [2.05, 4.69) is 15.3 Å². The average Bonchev–Trinajstić information content (AvgIpc) is 2.55. The Morgan fingerprint density at radius 2 is 1.79 bits per heavy atom. The highest BCUT2D eigenvalue weighted by molar-refractivity contribution is 6.11. The van der Waals surface area contributed by atoms with E-state index < -0.39 is 29.2 Å². The van der Waals surface area contributed by atoms with E-state index in [9.17, 15) is 22.4 Å². The van der Waals surface area contributed by atoms with Crippen LogP contribution in [0.25, 0.3) is 11.0 Å². The topological polar surface area (TPSA) is 54.9 Å². The first-order valence-electron chi connectivity index (χ1n) is 6.74. The van der Waals surface area contributed by atoms with Crippen molar-refractivity contribution in [1.82, 2.24) is 9.97 Å². The summed E-state index contributed by atoms with van der Waals surface area (Å²) in [6, 6.07) is 6.41. The van der Waals surface area contributed by atoms with Crippen LogP contribution in [0.4, 0.5) is 23.2 Å². The summed E-state index contributed by atoms with van der Waals surface area (Å²) in [5, 5.41) is 2.15. The third kappa shape index (κ3) is 3.03. The second kappa shape index (κ2) is 5.88. The Morgan fingerprint density at radius 1 is 1.04 bits per heavy atom. The quantitative estimate of drug-likeness (QED) is 0.719. The maximum Gasteiger partial charge on any atom is 0.416 e. The largest absolute Gasteiger partial charge is 0.416 e. The summed E-state index contributed by atoms with van der Waals surface area (Å²) in [5.74, 6) is -1.75. The molecule has 1 aromatic heterocycles. The van der Waals surface area contributed by atoms with Gasteiger partial charge in [0, 0.05) is 12.4 Å². The maximum absolute atomic E-state index is 13.7. The molecule has 1 heterocycles. The predicted octanol–water partition coefficient (Wildman–Crippen LogP) is 4.04. The Morgan fingerprint density at radius 3 is 2.54 bits per heavy atom. The minimum atomic E-state index is -4.64. The van der Waals surface area contributed by atoms with Gasteiger partial charge in [0.25, 0.3) is 5.91 Å². The normalized spacial score (nSPS) is 11.5. The van der Waals surface area contributed by atoms with Gasteiger partial charge in [-0.1, -0.05) is 6.07 Å². The summed E-state index contributed by atoms with van der Waals surface area (Å²) < 4.78 is 51.9. The number of halogens is 4. The second-order valence-corrected chi connectivity index (χ2v) is 4.88. The molecule has 1 amide bonds. The van der Waals surface area contributed by atoms with Crippen molar-refractivity contribution in [2.75, 3.05) is 5.32 Å². The van der Waals surface area contributed by atoms with Gasteiger partial charge in [0.05, 0.1) is 22.3 Å². The van der Waals surface area contributed by atoms with Gasteiger partial charge in [0.2, 0.25) is 0 Å². The van der Waals surface area contributed by atoms with Crippen molar-refractivity contribution in [3.8, 4) is 0 Å². The van der Waals surface area contributed by atoms with Crippen LogP contribution >= 0.6 is 0 Å². The number of carbonyl (C=O) groups is 1. The molecule has 0 atom stereocenters. The first-order chi connectivity index (χ1) is 11.4. The molecule has 122 valence electrons. The lowest BCUT2D eigenvalue weighted by Gasteiger charge is -2.11. The zero-order valence-electron chi connectivity index (χ0n) is 11.9. The molecule has 24 heavy (non-hydrogen) atoms. The fourth-order valence-corrected chi connectivity index (χ4v) is 2.16. The molecule has 3 rings (SSSR count). The van der Waals surface area contributed by atoms with E-state index in [0.29, 0.717) is 23.7 Å². The maximum atomic E-state index is 13.7. The Kier molecular flexibility index (Phi) is 3.88. The standard InChI is InChI=1S/C16H9F4N3O/c17-11-5-4-9(16(18,19)20)8-13(11)23-15(24)10-2-1-3-12-14(10)22-7-6-21-12/h1-8H,(H,23,24). The predicted molar refractivity (Wildman–Crippen MR) is 78.9 cm³/mol. The number of carbonyl (C=O) groups excluding carboxylic acids is 1. The third-order valence-electron chi connectivity index (χ3n) is 3.29. The molecule has 2 aromatic carbocycles. The minimum absolute atomic E-state index is 0.0809. The van der Waals surface area contributed by atoms with E-state index in [1.165, 1.54) is 18.5 Å². The number of amides is 1. The van der Waals surface area contributed by atoms with Gasteiger partial charge in [-0.15, -0.1) is 0 Å². The van der Waals surface area contributed by atoms with Gasteiger partial charge in [-0.3, -0.25) is 14.8 Å². The van der Waals surface area contributed by atoms with E-state index >= 15 is 0 Å². The van der Waals surface area contributed by atoms with Gasteiger partial charge >= 0.3 is 6.18 Å². The minimum Gasteiger partial charge on any atom is -0.319 e. The molecule has 0 aliphatic rings. The molecule has 0 saturated carbocycles. The molecule has 0 aliphatic carbocycles. The monoisotopic (exact) mass is 335 g/mol. The lowest BCUT2D eigenvalue weighted by molar-refractivity contribution is -0.137. The number of aromatic nitrogens is 2. The molecule has 8 heteroatoms. The Labute approximate surface area is 133 Å². The Hall–Kier alpha value is -3.03. The smallest absolute Gasteiger partial charge is 0.319 e. The molecule has 0 unspecified atom stereocenters. The summed E-state index contributed by atoms with van der Waals surface area (Å²) >= 11 is 0. The molecule has 0 fully saturated rings. The number of alkyl halides is 3. The fraction of sp³-hybridized carbons (Fsp3) is 0.0625. The zero-order chi connectivity index (χ0) is 17.3. The van der Waals surface area contributed by atoms with Crippen molar-refractivity contribution >= 4 is 22.6 Å². The van der Waals surface area contributed by atoms with Crippen molar-refractivity contribution in [1.29, 1.82) is 0 Å². The SMILES string of the molecule is O=C(Nc1cc(C(F)(F)F)ccc1F)c1cccc2nccnc12. The van der Waals surface area contributed by atoms with Crippen LogP contribution < -0.4 is 5.32 Å². The first kappa shape index (κ1) is 15.9. The summed E-state index contributed by atoms with van der Waals surface area (Å²) in [4.78, 5) is 20.4. The Bertz CT molecular complexity index is 919. The van der Waals surface area contributed by atoms with Gasteiger partial charge in [-0.2, -0.15) is 13.2 Å². The molecular weight excluding hydrogens is 326 g/mol. The highest BCUT2D eigenvalue weighted by Gasteiger charge is 2.31. The molecule has 1 N–H and O–H groups in total. The van der Waals surface area contributed by atoms with Crippen LogP contribution in [-0.2, 0) is 6.18 Å². The van der Waals surface area contributed by atoms with E-state index in [1.807, 2.05) is 0 Å². The summed E-state index contributed by atoms with van der Waals surface area (Å²) in [5.41, 5.74) is -0.829. The van der Waals surface area contributed by atoms with E-state index in [-0.39, 0.29) is 11.1 Å². The van der Waals surface area contributed by atoms with Crippen LogP contribution in [0.1, 0.15) is 15.9 Å². The van der Waals surface area contributed by atoms with Crippen LogP contribution in [0.2, 0.25) is 0 Å². The molecule has 0 radical (unpaired) electrons. The average molecular weight is 335 g/mol. The van der Waals surface area contributed by atoms with Crippen molar-refractivity contribution in [3.63, 3.8) is 0 Å². The molecule has 4 nitrogen and oxygen atoms in total. The Balaban J connectivity index is 1.98. The van der Waals surface area contributed by atoms with Gasteiger partial charge in [-0.05, 0) is 30.3 Å². The number of hydrogen-bond donors (Lipinski definition) is 1. The van der Waals surface area contributed by atoms with Crippen molar-refractivity contribution in [2.24, 2.45) is 0 Å². The van der Waals surface area contributed by atoms with E-state index in [1.54, 1.807) is 12.1 Å². The number of hydrogen-bond acceptors (Lipinski definition) is 3. The van der Waals surface area contributed by atoms with Crippen LogP contribution in [-0.4, -0.2) is 15.9 Å². The van der Waals surface area contributed by atoms with Crippen molar-refractivity contribution in [2.45, 2.75) is 6.18 Å². The summed E-state index contributed by atoms with van der Waals surface area (Å²) in [6.07, 6.45) is -1.82. The van der Waals surface area contributed by atoms with Gasteiger partial charge in [0.1, 0.15) is 11.3 Å². The zero-order valence-corrected chi connectivity index (χ0v) is 11.9. The number of nitrogens with zero attached hydrogens (tertiary/aromatic N) is 2. The number of fused-ring (bicyclic) bond motifs is 1. The van der Waals surface area contributed by atoms with Crippen LogP contribution in [0.15, 0.2) is 48.8 Å².